The van der Waals surface area contributed by atoms with E-state index in [1.165, 1.54) is 11.0 Å². The fraction of sp³-hybridized carbons (Fsp3) is 0.636. The molecule has 15 heavy (non-hydrogen) atoms. The van der Waals surface area contributed by atoms with E-state index in [1.54, 1.807) is 11.6 Å². The highest BCUT2D eigenvalue weighted by atomic mass is 32.1. The summed E-state index contributed by atoms with van der Waals surface area (Å²) in [5.41, 5.74) is 0. The lowest BCUT2D eigenvalue weighted by Crippen LogP contribution is -2.25. The molecule has 4 heteroatoms. The first-order valence-corrected chi connectivity index (χ1v) is 6.32. The minimum absolute atomic E-state index is 0.0286. The Bertz CT molecular complexity index is 387. The fourth-order valence-corrected chi connectivity index (χ4v) is 2.71. The molecule has 1 aliphatic carbocycles. The Morgan fingerprint density at radius 2 is 2.13 bits per heavy atom. The first-order chi connectivity index (χ1) is 7.27. The van der Waals surface area contributed by atoms with Crippen LogP contribution in [0.15, 0.2) is 16.4 Å². The SMILES string of the molecule is O=C(Cn1ccsc1=O)C1CCCCC1. The zero-order valence-electron chi connectivity index (χ0n) is 8.65. The lowest BCUT2D eigenvalue weighted by molar-refractivity contribution is -0.124. The van der Waals surface area contributed by atoms with E-state index in [9.17, 15) is 9.59 Å². The van der Waals surface area contributed by atoms with E-state index < -0.39 is 0 Å². The Hall–Kier alpha value is -0.900. The highest BCUT2D eigenvalue weighted by molar-refractivity contribution is 7.07. The van der Waals surface area contributed by atoms with Gasteiger partial charge in [0.1, 0.15) is 0 Å². The van der Waals surface area contributed by atoms with Gasteiger partial charge in [-0.2, -0.15) is 0 Å². The van der Waals surface area contributed by atoms with Gasteiger partial charge in [-0.15, -0.1) is 0 Å². The molecule has 82 valence electrons. The summed E-state index contributed by atoms with van der Waals surface area (Å²) >= 11 is 1.15. The molecule has 1 saturated carbocycles. The van der Waals surface area contributed by atoms with Gasteiger partial charge in [0.2, 0.25) is 0 Å². The number of nitrogens with zero attached hydrogens (tertiary/aromatic N) is 1. The summed E-state index contributed by atoms with van der Waals surface area (Å²) in [5.74, 6) is 0.431. The molecule has 0 N–H and O–H groups in total. The molecule has 2 rings (SSSR count). The van der Waals surface area contributed by atoms with E-state index in [2.05, 4.69) is 0 Å². The van der Waals surface area contributed by atoms with Crippen molar-refractivity contribution in [3.63, 3.8) is 0 Å². The van der Waals surface area contributed by atoms with Crippen LogP contribution in [0.2, 0.25) is 0 Å². The van der Waals surface area contributed by atoms with Crippen LogP contribution in [0.25, 0.3) is 0 Å². The van der Waals surface area contributed by atoms with Crippen LogP contribution in [0.1, 0.15) is 32.1 Å². The smallest absolute Gasteiger partial charge is 0.299 e. The van der Waals surface area contributed by atoms with E-state index in [-0.39, 0.29) is 23.1 Å². The summed E-state index contributed by atoms with van der Waals surface area (Å²) in [6.07, 6.45) is 7.30. The molecule has 0 aromatic carbocycles. The number of carbonyl (C=O) groups is 1. The van der Waals surface area contributed by atoms with Crippen molar-refractivity contribution in [2.45, 2.75) is 38.6 Å². The van der Waals surface area contributed by atoms with Crippen LogP contribution < -0.4 is 4.87 Å². The normalized spacial score (nSPS) is 17.9. The number of rotatable bonds is 3. The van der Waals surface area contributed by atoms with Crippen molar-refractivity contribution in [1.29, 1.82) is 0 Å². The molecule has 0 unspecified atom stereocenters. The van der Waals surface area contributed by atoms with Crippen molar-refractivity contribution in [3.8, 4) is 0 Å². The third-order valence-electron chi connectivity index (χ3n) is 3.03. The summed E-state index contributed by atoms with van der Waals surface area (Å²) in [6, 6.07) is 0. The standard InChI is InChI=1S/C11H15NO2S/c13-10(9-4-2-1-3-5-9)8-12-6-7-15-11(12)14/h6-7,9H,1-5,8H2. The number of carbonyl (C=O) groups excluding carboxylic acids is 1. The quantitative estimate of drug-likeness (QED) is 0.790. The molecule has 0 atom stereocenters. The number of thiazole rings is 1. The average molecular weight is 225 g/mol. The Balaban J connectivity index is 1.97. The number of Topliss-reactive ketones (excluding diaryl/α,β-unsaturated/α-hetero) is 1. The van der Waals surface area contributed by atoms with Crippen LogP contribution in [0.5, 0.6) is 0 Å². The summed E-state index contributed by atoms with van der Waals surface area (Å²) < 4.78 is 1.52. The third-order valence-corrected chi connectivity index (χ3v) is 3.72. The average Bonchev–Trinajstić information content (AvgIpc) is 2.66. The molecule has 1 aliphatic rings. The lowest BCUT2D eigenvalue weighted by atomic mass is 9.86. The van der Waals surface area contributed by atoms with E-state index in [1.807, 2.05) is 0 Å². The van der Waals surface area contributed by atoms with Crippen LogP contribution in [-0.4, -0.2) is 10.4 Å². The monoisotopic (exact) mass is 225 g/mol. The molecule has 1 heterocycles. The second kappa shape index (κ2) is 4.75. The van der Waals surface area contributed by atoms with Crippen molar-refractivity contribution in [3.05, 3.63) is 21.2 Å². The van der Waals surface area contributed by atoms with Gasteiger partial charge in [-0.1, -0.05) is 30.6 Å². The van der Waals surface area contributed by atoms with Gasteiger partial charge in [0, 0.05) is 17.5 Å². The first kappa shape index (κ1) is 10.6. The van der Waals surface area contributed by atoms with Crippen molar-refractivity contribution in [2.24, 2.45) is 5.92 Å². The Morgan fingerprint density at radius 1 is 1.40 bits per heavy atom. The fourth-order valence-electron chi connectivity index (χ4n) is 2.13. The highest BCUT2D eigenvalue weighted by Gasteiger charge is 2.21. The van der Waals surface area contributed by atoms with Gasteiger partial charge < -0.3 is 0 Å². The van der Waals surface area contributed by atoms with Crippen LogP contribution in [-0.2, 0) is 11.3 Å². The summed E-state index contributed by atoms with van der Waals surface area (Å²) in [5, 5.41) is 1.73. The molecule has 0 amide bonds. The molecule has 1 aromatic rings. The maximum absolute atomic E-state index is 11.9. The van der Waals surface area contributed by atoms with Gasteiger partial charge in [0.15, 0.2) is 5.78 Å². The topological polar surface area (TPSA) is 39.1 Å². The van der Waals surface area contributed by atoms with Crippen molar-refractivity contribution in [1.82, 2.24) is 4.57 Å². The lowest BCUT2D eigenvalue weighted by Gasteiger charge is -2.20. The van der Waals surface area contributed by atoms with Gasteiger partial charge in [0.25, 0.3) is 0 Å². The van der Waals surface area contributed by atoms with Gasteiger partial charge in [-0.3, -0.25) is 14.2 Å². The molecule has 3 nitrogen and oxygen atoms in total. The predicted molar refractivity (Wildman–Crippen MR) is 60.2 cm³/mol. The Kier molecular flexibility index (Phi) is 3.36. The molecule has 1 aromatic heterocycles. The van der Waals surface area contributed by atoms with Crippen molar-refractivity contribution in [2.75, 3.05) is 0 Å². The van der Waals surface area contributed by atoms with Gasteiger partial charge in [-0.05, 0) is 12.8 Å². The highest BCUT2D eigenvalue weighted by Crippen LogP contribution is 2.24. The maximum Gasteiger partial charge on any atom is 0.307 e. The van der Waals surface area contributed by atoms with Crippen molar-refractivity contribution >= 4 is 17.1 Å². The van der Waals surface area contributed by atoms with Gasteiger partial charge in [-0.25, -0.2) is 0 Å². The number of aromatic nitrogens is 1. The minimum Gasteiger partial charge on any atom is -0.299 e. The van der Waals surface area contributed by atoms with E-state index in [0.29, 0.717) is 0 Å². The van der Waals surface area contributed by atoms with E-state index in [4.69, 9.17) is 0 Å². The molecule has 0 spiro atoms. The zero-order chi connectivity index (χ0) is 10.7. The van der Waals surface area contributed by atoms with Crippen molar-refractivity contribution < 1.29 is 4.79 Å². The number of ketones is 1. The summed E-state index contributed by atoms with van der Waals surface area (Å²) in [4.78, 5) is 23.1. The Labute approximate surface area is 92.7 Å². The minimum atomic E-state index is -0.0286. The molecule has 1 fully saturated rings. The van der Waals surface area contributed by atoms with Gasteiger partial charge >= 0.3 is 4.87 Å². The van der Waals surface area contributed by atoms with Crippen LogP contribution >= 0.6 is 11.3 Å². The second-order valence-electron chi connectivity index (χ2n) is 4.10. The number of hydrogen-bond donors (Lipinski definition) is 0. The molecular formula is C11H15NO2S. The predicted octanol–water partition coefficient (Wildman–Crippen LogP) is 2.06. The Morgan fingerprint density at radius 3 is 2.73 bits per heavy atom. The molecule has 0 bridgehead atoms. The second-order valence-corrected chi connectivity index (χ2v) is 4.96. The van der Waals surface area contributed by atoms with E-state index in [0.717, 1.165) is 37.0 Å². The summed E-state index contributed by atoms with van der Waals surface area (Å²) in [6.45, 7) is 0.271. The zero-order valence-corrected chi connectivity index (χ0v) is 9.46. The van der Waals surface area contributed by atoms with Gasteiger partial charge in [0.05, 0.1) is 6.54 Å². The molecule has 0 saturated heterocycles. The largest absolute Gasteiger partial charge is 0.307 e. The van der Waals surface area contributed by atoms with Crippen LogP contribution in [0.3, 0.4) is 0 Å². The molecule has 0 radical (unpaired) electrons. The van der Waals surface area contributed by atoms with Crippen LogP contribution in [0, 0.1) is 5.92 Å². The first-order valence-electron chi connectivity index (χ1n) is 5.44. The van der Waals surface area contributed by atoms with E-state index >= 15 is 0 Å². The third kappa shape index (κ3) is 2.56. The maximum atomic E-state index is 11.9. The number of hydrogen-bond acceptors (Lipinski definition) is 3. The summed E-state index contributed by atoms with van der Waals surface area (Å²) in [7, 11) is 0. The molecular weight excluding hydrogens is 210 g/mol. The van der Waals surface area contributed by atoms with Crippen LogP contribution in [0.4, 0.5) is 0 Å². The molecule has 0 aliphatic heterocycles.